The highest BCUT2D eigenvalue weighted by atomic mass is 79.9. The molecule has 0 saturated heterocycles. The summed E-state index contributed by atoms with van der Waals surface area (Å²) in [4.78, 5) is 27.3. The summed E-state index contributed by atoms with van der Waals surface area (Å²) >= 11 is 9.44. The zero-order valence-corrected chi connectivity index (χ0v) is 14.2. The van der Waals surface area contributed by atoms with Crippen LogP contribution in [0, 0.1) is 0 Å². The average molecular weight is 372 g/mol. The van der Waals surface area contributed by atoms with Crippen LogP contribution in [0.3, 0.4) is 0 Å². The number of aromatic amines is 1. The third-order valence-corrected chi connectivity index (χ3v) is 4.34. The molecule has 6 heteroatoms. The second-order valence-corrected chi connectivity index (χ2v) is 6.07. The standard InChI is InChI=1S/C15H16BrClN2O2/c1-3-11(4-2)19-14(20)12(13(17)18-15(19)21)9-5-7-10(16)8-6-9/h5-8,11H,3-4H2,1-2H3,(H,18,21). The molecule has 0 radical (unpaired) electrons. The Morgan fingerprint density at radius 2 is 1.76 bits per heavy atom. The van der Waals surface area contributed by atoms with Gasteiger partial charge in [-0.15, -0.1) is 0 Å². The van der Waals surface area contributed by atoms with Crippen LogP contribution in [0.1, 0.15) is 32.7 Å². The lowest BCUT2D eigenvalue weighted by Gasteiger charge is -2.16. The third kappa shape index (κ3) is 3.14. The van der Waals surface area contributed by atoms with E-state index in [-0.39, 0.29) is 16.8 Å². The molecule has 0 amide bonds. The normalized spacial score (nSPS) is 11.1. The molecule has 0 unspecified atom stereocenters. The number of hydrogen-bond acceptors (Lipinski definition) is 2. The summed E-state index contributed by atoms with van der Waals surface area (Å²) in [5.74, 6) is 0. The predicted molar refractivity (Wildman–Crippen MR) is 89.1 cm³/mol. The maximum atomic E-state index is 12.7. The van der Waals surface area contributed by atoms with Gasteiger partial charge in [0.2, 0.25) is 0 Å². The van der Waals surface area contributed by atoms with E-state index in [0.717, 1.165) is 4.47 Å². The summed E-state index contributed by atoms with van der Waals surface area (Å²) in [6, 6.07) is 7.12. The Hall–Kier alpha value is -1.33. The highest BCUT2D eigenvalue weighted by Gasteiger charge is 2.18. The molecule has 0 aliphatic carbocycles. The Bertz CT molecular complexity index is 746. The molecule has 0 atom stereocenters. The van der Waals surface area contributed by atoms with Gasteiger partial charge in [-0.2, -0.15) is 0 Å². The van der Waals surface area contributed by atoms with Gasteiger partial charge in [0.15, 0.2) is 0 Å². The molecule has 4 nitrogen and oxygen atoms in total. The van der Waals surface area contributed by atoms with E-state index in [0.29, 0.717) is 24.0 Å². The molecule has 0 aliphatic heterocycles. The van der Waals surface area contributed by atoms with Crippen LogP contribution in [0.15, 0.2) is 38.3 Å². The smallest absolute Gasteiger partial charge is 0.297 e. The van der Waals surface area contributed by atoms with Crippen molar-refractivity contribution in [1.29, 1.82) is 0 Å². The van der Waals surface area contributed by atoms with Gasteiger partial charge in [-0.25, -0.2) is 4.79 Å². The quantitative estimate of drug-likeness (QED) is 0.827. The second-order valence-electron chi connectivity index (χ2n) is 4.77. The minimum atomic E-state index is -0.459. The number of aromatic nitrogens is 2. The van der Waals surface area contributed by atoms with Crippen molar-refractivity contribution in [1.82, 2.24) is 9.55 Å². The molecule has 0 fully saturated rings. The molecular formula is C15H16BrClN2O2. The van der Waals surface area contributed by atoms with E-state index in [1.165, 1.54) is 4.57 Å². The largest absolute Gasteiger partial charge is 0.329 e. The van der Waals surface area contributed by atoms with Crippen LogP contribution in [-0.4, -0.2) is 9.55 Å². The fourth-order valence-corrected chi connectivity index (χ4v) is 2.91. The van der Waals surface area contributed by atoms with Crippen LogP contribution in [0.25, 0.3) is 11.1 Å². The molecule has 1 heterocycles. The van der Waals surface area contributed by atoms with Crippen molar-refractivity contribution in [2.24, 2.45) is 0 Å². The number of nitrogens with zero attached hydrogens (tertiary/aromatic N) is 1. The van der Waals surface area contributed by atoms with Crippen molar-refractivity contribution in [2.45, 2.75) is 32.7 Å². The van der Waals surface area contributed by atoms with Crippen molar-refractivity contribution in [2.75, 3.05) is 0 Å². The number of halogens is 2. The van der Waals surface area contributed by atoms with E-state index in [2.05, 4.69) is 20.9 Å². The van der Waals surface area contributed by atoms with Gasteiger partial charge in [0.05, 0.1) is 5.56 Å². The maximum absolute atomic E-state index is 12.7. The number of rotatable bonds is 4. The van der Waals surface area contributed by atoms with Gasteiger partial charge in [0, 0.05) is 10.5 Å². The minimum Gasteiger partial charge on any atom is -0.297 e. The summed E-state index contributed by atoms with van der Waals surface area (Å²) in [5.41, 5.74) is 0.208. The van der Waals surface area contributed by atoms with Crippen LogP contribution in [0.2, 0.25) is 5.15 Å². The van der Waals surface area contributed by atoms with E-state index in [1.54, 1.807) is 12.1 Å². The zero-order valence-electron chi connectivity index (χ0n) is 11.8. The Labute approximate surface area is 135 Å². The summed E-state index contributed by atoms with van der Waals surface area (Å²) < 4.78 is 2.18. The molecule has 0 bridgehead atoms. The predicted octanol–water partition coefficient (Wildman–Crippen LogP) is 3.98. The SMILES string of the molecule is CCC(CC)n1c(=O)[nH]c(Cl)c(-c2ccc(Br)cc2)c1=O. The lowest BCUT2D eigenvalue weighted by Crippen LogP contribution is -2.38. The summed E-state index contributed by atoms with van der Waals surface area (Å²) in [6.07, 6.45) is 1.42. The van der Waals surface area contributed by atoms with E-state index in [9.17, 15) is 9.59 Å². The zero-order chi connectivity index (χ0) is 15.6. The Kier molecular flexibility index (Phi) is 5.06. The van der Waals surface area contributed by atoms with Gasteiger partial charge in [-0.05, 0) is 30.5 Å². The fourth-order valence-electron chi connectivity index (χ4n) is 2.38. The monoisotopic (exact) mass is 370 g/mol. The van der Waals surface area contributed by atoms with Gasteiger partial charge in [0.1, 0.15) is 5.15 Å². The van der Waals surface area contributed by atoms with Crippen molar-refractivity contribution in [3.8, 4) is 11.1 Å². The third-order valence-electron chi connectivity index (χ3n) is 3.53. The number of benzene rings is 1. The van der Waals surface area contributed by atoms with Crippen LogP contribution in [0.5, 0.6) is 0 Å². The molecule has 2 aromatic rings. The molecule has 21 heavy (non-hydrogen) atoms. The molecular weight excluding hydrogens is 356 g/mol. The lowest BCUT2D eigenvalue weighted by molar-refractivity contribution is 0.440. The van der Waals surface area contributed by atoms with Crippen LogP contribution in [0.4, 0.5) is 0 Å². The van der Waals surface area contributed by atoms with Crippen molar-refractivity contribution < 1.29 is 0 Å². The van der Waals surface area contributed by atoms with Gasteiger partial charge < -0.3 is 0 Å². The molecule has 1 aromatic carbocycles. The number of nitrogens with one attached hydrogen (secondary N) is 1. The Balaban J connectivity index is 2.73. The minimum absolute atomic E-state index is 0.0783. The van der Waals surface area contributed by atoms with E-state index < -0.39 is 5.69 Å². The molecule has 112 valence electrons. The van der Waals surface area contributed by atoms with Crippen LogP contribution < -0.4 is 11.2 Å². The average Bonchev–Trinajstić information content (AvgIpc) is 2.45. The number of H-pyrrole nitrogens is 1. The highest BCUT2D eigenvalue weighted by molar-refractivity contribution is 9.10. The Morgan fingerprint density at radius 3 is 2.29 bits per heavy atom. The highest BCUT2D eigenvalue weighted by Crippen LogP contribution is 2.24. The summed E-state index contributed by atoms with van der Waals surface area (Å²) in [5, 5.41) is 0.0783. The summed E-state index contributed by atoms with van der Waals surface area (Å²) in [6.45, 7) is 3.90. The van der Waals surface area contributed by atoms with Gasteiger partial charge in [0.25, 0.3) is 5.56 Å². The Morgan fingerprint density at radius 1 is 1.19 bits per heavy atom. The first-order chi connectivity index (χ1) is 9.99. The first kappa shape index (κ1) is 16.0. The molecule has 1 N–H and O–H groups in total. The van der Waals surface area contributed by atoms with E-state index in [4.69, 9.17) is 11.6 Å². The van der Waals surface area contributed by atoms with Gasteiger partial charge in [-0.1, -0.05) is 53.5 Å². The molecule has 0 saturated carbocycles. The molecule has 2 rings (SSSR count). The molecule has 1 aromatic heterocycles. The van der Waals surface area contributed by atoms with E-state index >= 15 is 0 Å². The number of hydrogen-bond donors (Lipinski definition) is 1. The van der Waals surface area contributed by atoms with Gasteiger partial charge >= 0.3 is 5.69 Å². The molecule has 0 aliphatic rings. The van der Waals surface area contributed by atoms with Crippen LogP contribution >= 0.6 is 27.5 Å². The first-order valence-electron chi connectivity index (χ1n) is 6.79. The first-order valence-corrected chi connectivity index (χ1v) is 7.96. The van der Waals surface area contributed by atoms with Gasteiger partial charge in [-0.3, -0.25) is 14.3 Å². The maximum Gasteiger partial charge on any atom is 0.329 e. The molecule has 0 spiro atoms. The second kappa shape index (κ2) is 6.62. The lowest BCUT2D eigenvalue weighted by atomic mass is 10.1. The van der Waals surface area contributed by atoms with Crippen molar-refractivity contribution in [3.63, 3.8) is 0 Å². The topological polar surface area (TPSA) is 54.9 Å². The fraction of sp³-hybridized carbons (Fsp3) is 0.333. The van der Waals surface area contributed by atoms with Crippen LogP contribution in [-0.2, 0) is 0 Å². The van der Waals surface area contributed by atoms with E-state index in [1.807, 2.05) is 26.0 Å². The summed E-state index contributed by atoms with van der Waals surface area (Å²) in [7, 11) is 0. The van der Waals surface area contributed by atoms with Crippen molar-refractivity contribution in [3.05, 3.63) is 54.7 Å². The van der Waals surface area contributed by atoms with Crippen molar-refractivity contribution >= 4 is 27.5 Å².